The number of fused-ring (bicyclic) bond motifs is 4. The summed E-state index contributed by atoms with van der Waals surface area (Å²) >= 11 is 0. The molecule has 0 radical (unpaired) electrons. The lowest BCUT2D eigenvalue weighted by molar-refractivity contribution is -0.339. The van der Waals surface area contributed by atoms with Crippen LogP contribution >= 0.6 is 0 Å². The molecule has 6 aliphatic rings. The smallest absolute Gasteiger partial charge is 0.171 e. The maximum absolute atomic E-state index is 11.6. The molecule has 6 heterocycles. The molecular weight excluding hydrogens is 492 g/mol. The molecule has 38 heavy (non-hydrogen) atoms. The molecule has 9 heteroatoms. The maximum atomic E-state index is 11.6. The van der Waals surface area contributed by atoms with Crippen LogP contribution in [0.4, 0.5) is 0 Å². The molecule has 9 nitrogen and oxygen atoms in total. The van der Waals surface area contributed by atoms with Gasteiger partial charge < -0.3 is 38.3 Å². The van der Waals surface area contributed by atoms with Crippen molar-refractivity contribution in [3.05, 3.63) is 0 Å². The Morgan fingerprint density at radius 3 is 2.26 bits per heavy atom. The Bertz CT molecular complexity index is 861. The largest absolute Gasteiger partial charge is 0.390 e. The van der Waals surface area contributed by atoms with Crippen LogP contribution in [0.1, 0.15) is 73.1 Å². The summed E-state index contributed by atoms with van der Waals surface area (Å²) in [4.78, 5) is 11.6. The number of hydrogen-bond acceptors (Lipinski definition) is 9. The van der Waals surface area contributed by atoms with Crippen molar-refractivity contribution < 1.29 is 43.1 Å². The van der Waals surface area contributed by atoms with Gasteiger partial charge in [0.25, 0.3) is 0 Å². The van der Waals surface area contributed by atoms with E-state index in [4.69, 9.17) is 33.2 Å². The summed E-state index contributed by atoms with van der Waals surface area (Å²) < 4.78 is 45.1. The minimum atomic E-state index is -0.711. The molecule has 0 saturated carbocycles. The van der Waals surface area contributed by atoms with E-state index < -0.39 is 24.3 Å². The van der Waals surface area contributed by atoms with Crippen LogP contribution in [0.5, 0.6) is 0 Å². The fourth-order valence-electron chi connectivity index (χ4n) is 7.90. The second-order valence-electron chi connectivity index (χ2n) is 13.0. The molecule has 1 N–H and O–H groups in total. The fourth-order valence-corrected chi connectivity index (χ4v) is 7.90. The average molecular weight is 539 g/mol. The van der Waals surface area contributed by atoms with Gasteiger partial charge in [-0.25, -0.2) is 0 Å². The monoisotopic (exact) mass is 538 g/mol. The molecule has 6 rings (SSSR count). The van der Waals surface area contributed by atoms with Crippen LogP contribution in [0.15, 0.2) is 0 Å². The first-order valence-electron chi connectivity index (χ1n) is 14.9. The summed E-state index contributed by atoms with van der Waals surface area (Å²) in [6, 6.07) is 0. The molecular formula is C29H46O9. The first kappa shape index (κ1) is 27.5. The van der Waals surface area contributed by atoms with E-state index in [0.717, 1.165) is 25.7 Å². The van der Waals surface area contributed by atoms with Gasteiger partial charge >= 0.3 is 0 Å². The Balaban J connectivity index is 1.21. The summed E-state index contributed by atoms with van der Waals surface area (Å²) in [5.41, 5.74) is 0. The lowest BCUT2D eigenvalue weighted by atomic mass is 9.76. The molecule has 15 atom stereocenters. The van der Waals surface area contributed by atoms with Gasteiger partial charge in [0.05, 0.1) is 62.4 Å². The minimum absolute atomic E-state index is 0.0563. The molecule has 6 fully saturated rings. The van der Waals surface area contributed by atoms with Crippen LogP contribution in [0.2, 0.25) is 0 Å². The van der Waals surface area contributed by atoms with Crippen LogP contribution in [0, 0.1) is 23.7 Å². The fraction of sp³-hybridized carbons (Fsp3) is 0.966. The van der Waals surface area contributed by atoms with E-state index in [9.17, 15) is 9.90 Å². The normalized spacial score (nSPS) is 55.0. The SMILES string of the molecule is CC(=O)C[C@@H]1OC[C@@H]2O[C@@H]3C[C@@H]4O[C@H]5C(OC6(CCCO6)[C@@H](C)[C@@H]5C)[C@@H](O)[C@H](C)[C@H]4O[C@H]3C[C@@H](C)C[C@H]2O1. The van der Waals surface area contributed by atoms with E-state index in [1.54, 1.807) is 6.92 Å². The van der Waals surface area contributed by atoms with Crippen LogP contribution in [-0.2, 0) is 38.0 Å². The highest BCUT2D eigenvalue weighted by molar-refractivity contribution is 5.75. The van der Waals surface area contributed by atoms with E-state index in [1.165, 1.54) is 0 Å². The van der Waals surface area contributed by atoms with Crippen molar-refractivity contribution in [2.45, 2.75) is 140 Å². The number of carbonyl (C=O) groups is 1. The highest BCUT2D eigenvalue weighted by Gasteiger charge is 2.60. The summed E-state index contributed by atoms with van der Waals surface area (Å²) in [5, 5.41) is 11.6. The van der Waals surface area contributed by atoms with Crippen molar-refractivity contribution >= 4 is 5.78 Å². The third kappa shape index (κ3) is 4.89. The molecule has 0 aromatic heterocycles. The van der Waals surface area contributed by atoms with Gasteiger partial charge in [-0.3, -0.25) is 4.79 Å². The minimum Gasteiger partial charge on any atom is -0.390 e. The van der Waals surface area contributed by atoms with Gasteiger partial charge in [-0.2, -0.15) is 0 Å². The number of rotatable bonds is 2. The number of aliphatic hydroxyl groups is 1. The molecule has 0 aromatic rings. The second kappa shape index (κ2) is 10.6. The molecule has 1 spiro atoms. The Labute approximate surface area is 226 Å². The molecule has 0 bridgehead atoms. The molecule has 216 valence electrons. The average Bonchev–Trinajstić information content (AvgIpc) is 3.31. The molecule has 6 saturated heterocycles. The molecule has 0 aliphatic carbocycles. The van der Waals surface area contributed by atoms with Gasteiger partial charge in [-0.05, 0) is 38.0 Å². The lowest BCUT2D eigenvalue weighted by Gasteiger charge is -2.51. The first-order valence-corrected chi connectivity index (χ1v) is 14.9. The van der Waals surface area contributed by atoms with Crippen LogP contribution in [0.25, 0.3) is 0 Å². The van der Waals surface area contributed by atoms with Gasteiger partial charge in [-0.15, -0.1) is 0 Å². The molecule has 0 aromatic carbocycles. The second-order valence-corrected chi connectivity index (χ2v) is 13.0. The van der Waals surface area contributed by atoms with Crippen molar-refractivity contribution in [1.29, 1.82) is 0 Å². The first-order chi connectivity index (χ1) is 18.1. The predicted octanol–water partition coefficient (Wildman–Crippen LogP) is 2.99. The number of ketones is 1. The maximum Gasteiger partial charge on any atom is 0.171 e. The van der Waals surface area contributed by atoms with E-state index in [2.05, 4.69) is 27.7 Å². The highest BCUT2D eigenvalue weighted by Crippen LogP contribution is 2.50. The van der Waals surface area contributed by atoms with Crippen LogP contribution < -0.4 is 0 Å². The van der Waals surface area contributed by atoms with Crippen LogP contribution in [-0.4, -0.2) is 91.1 Å². The summed E-state index contributed by atoms with van der Waals surface area (Å²) in [6.07, 6.45) is 1.48. The Morgan fingerprint density at radius 1 is 0.842 bits per heavy atom. The third-order valence-electron chi connectivity index (χ3n) is 10.2. The number of hydrogen-bond donors (Lipinski definition) is 1. The third-order valence-corrected chi connectivity index (χ3v) is 10.2. The van der Waals surface area contributed by atoms with Crippen LogP contribution in [0.3, 0.4) is 0 Å². The summed E-state index contributed by atoms with van der Waals surface area (Å²) in [6.45, 7) is 11.3. The zero-order valence-corrected chi connectivity index (χ0v) is 23.5. The Kier molecular flexibility index (Phi) is 7.70. The van der Waals surface area contributed by atoms with Gasteiger partial charge in [0.1, 0.15) is 18.0 Å². The number of carbonyl (C=O) groups excluding carboxylic acids is 1. The van der Waals surface area contributed by atoms with E-state index in [1.807, 2.05) is 0 Å². The number of Topliss-reactive ketones (excluding diaryl/α,β-unsaturated/α-hetero) is 1. The van der Waals surface area contributed by atoms with Crippen molar-refractivity contribution in [1.82, 2.24) is 0 Å². The highest BCUT2D eigenvalue weighted by atomic mass is 16.7. The Morgan fingerprint density at radius 2 is 1.55 bits per heavy atom. The van der Waals surface area contributed by atoms with Gasteiger partial charge in [0.2, 0.25) is 0 Å². The molecule has 6 aliphatic heterocycles. The van der Waals surface area contributed by atoms with Crippen molar-refractivity contribution in [3.8, 4) is 0 Å². The van der Waals surface area contributed by atoms with E-state index in [0.29, 0.717) is 25.6 Å². The quantitative estimate of drug-likeness (QED) is 0.568. The van der Waals surface area contributed by atoms with E-state index >= 15 is 0 Å². The lowest BCUT2D eigenvalue weighted by Crippen LogP contribution is -2.60. The van der Waals surface area contributed by atoms with Crippen molar-refractivity contribution in [2.24, 2.45) is 23.7 Å². The Hall–Kier alpha value is -0.650. The standard InChI is InChI=1S/C29H46O9/c1-14-9-19-21(34-23-13-32-24(11-15(2)30)35-20(23)10-14)12-22-26(36-19)17(4)25(31)28-27(37-22)16(3)18(5)29(38-28)7-6-8-33-29/h14,16-28,31H,6-13H2,1-5H3/t14-,16+,17+,18+,19+,20-,21-,22+,23+,24-,25+,26-,27-,28?,29?/m1/s1. The van der Waals surface area contributed by atoms with E-state index in [-0.39, 0.29) is 72.7 Å². The predicted molar refractivity (Wildman–Crippen MR) is 135 cm³/mol. The van der Waals surface area contributed by atoms with Crippen molar-refractivity contribution in [3.63, 3.8) is 0 Å². The molecule has 0 amide bonds. The number of aliphatic hydroxyl groups excluding tert-OH is 1. The zero-order valence-electron chi connectivity index (χ0n) is 23.5. The number of ether oxygens (including phenoxy) is 7. The summed E-state index contributed by atoms with van der Waals surface area (Å²) in [7, 11) is 0. The zero-order chi connectivity index (χ0) is 26.8. The van der Waals surface area contributed by atoms with Gasteiger partial charge in [0.15, 0.2) is 12.1 Å². The molecule has 2 unspecified atom stereocenters. The summed E-state index contributed by atoms with van der Waals surface area (Å²) in [5.74, 6) is -0.0743. The van der Waals surface area contributed by atoms with Gasteiger partial charge in [-0.1, -0.05) is 27.7 Å². The van der Waals surface area contributed by atoms with Crippen molar-refractivity contribution in [2.75, 3.05) is 13.2 Å². The topological polar surface area (TPSA) is 102 Å². The van der Waals surface area contributed by atoms with Gasteiger partial charge in [0, 0.05) is 24.7 Å².